The molecule has 0 unspecified atom stereocenters. The Labute approximate surface area is 172 Å². The zero-order valence-electron chi connectivity index (χ0n) is 16.8. The van der Waals surface area contributed by atoms with E-state index in [4.69, 9.17) is 33.5 Å². The Balaban J connectivity index is 2.81. The molecule has 0 bridgehead atoms. The summed E-state index contributed by atoms with van der Waals surface area (Å²) in [6, 6.07) is 14.4. The predicted octanol–water partition coefficient (Wildman–Crippen LogP) is 3.46. The zero-order chi connectivity index (χ0) is 20.3. The molecule has 3 nitrogen and oxygen atoms in total. The summed E-state index contributed by atoms with van der Waals surface area (Å²) in [5.74, 6) is 7.59. The maximum absolute atomic E-state index is 5.52. The van der Waals surface area contributed by atoms with Crippen LogP contribution in [0.4, 0.5) is 0 Å². The molecule has 0 saturated carbocycles. The Morgan fingerprint density at radius 3 is 1.39 bits per heavy atom. The van der Waals surface area contributed by atoms with Crippen molar-refractivity contribution < 1.29 is 14.2 Å². The molecule has 0 N–H and O–H groups in total. The van der Waals surface area contributed by atoms with Crippen LogP contribution in [0, 0.1) is 37.0 Å². The van der Waals surface area contributed by atoms with Crippen LogP contribution in [-0.2, 0) is 14.2 Å². The van der Waals surface area contributed by atoms with E-state index in [1.165, 1.54) is 5.19 Å². The van der Waals surface area contributed by atoms with Crippen molar-refractivity contribution in [2.24, 2.45) is 0 Å². The van der Waals surface area contributed by atoms with Crippen LogP contribution in [-0.4, -0.2) is 47.7 Å². The van der Waals surface area contributed by atoms with Gasteiger partial charge in [-0.25, -0.2) is 0 Å². The van der Waals surface area contributed by atoms with Crippen LogP contribution in [0.5, 0.6) is 0 Å². The van der Waals surface area contributed by atoms with Gasteiger partial charge in [-0.2, -0.15) is 0 Å². The van der Waals surface area contributed by atoms with Gasteiger partial charge in [0.2, 0.25) is 0 Å². The maximum atomic E-state index is 5.52. The second-order valence-corrected chi connectivity index (χ2v) is 11.4. The molecule has 150 valence electrons. The molecule has 0 amide bonds. The SMILES string of the molecule is C#CCOCCC[Si](CCCOCC#C)(CCCOCC#C)c1ccccc1. The first-order valence-corrected chi connectivity index (χ1v) is 12.5. The topological polar surface area (TPSA) is 27.7 Å². The summed E-state index contributed by atoms with van der Waals surface area (Å²) in [7, 11) is -1.75. The van der Waals surface area contributed by atoms with Gasteiger partial charge < -0.3 is 14.2 Å². The highest BCUT2D eigenvalue weighted by atomic mass is 28.3. The monoisotopic (exact) mass is 396 g/mol. The largest absolute Gasteiger partial charge is 0.369 e. The molecule has 0 aromatic heterocycles. The van der Waals surface area contributed by atoms with Crippen LogP contribution in [0.1, 0.15) is 19.3 Å². The highest BCUT2D eigenvalue weighted by molar-refractivity contribution is 6.91. The van der Waals surface area contributed by atoms with Gasteiger partial charge in [0.1, 0.15) is 19.8 Å². The Kier molecular flexibility index (Phi) is 13.7. The summed E-state index contributed by atoms with van der Waals surface area (Å²) in [4.78, 5) is 0. The van der Waals surface area contributed by atoms with E-state index in [0.717, 1.165) is 37.4 Å². The molecule has 4 heteroatoms. The van der Waals surface area contributed by atoms with Crippen molar-refractivity contribution in [3.05, 3.63) is 30.3 Å². The lowest BCUT2D eigenvalue weighted by atomic mass is 10.4. The van der Waals surface area contributed by atoms with Crippen LogP contribution in [0.25, 0.3) is 0 Å². The molecule has 0 heterocycles. The van der Waals surface area contributed by atoms with E-state index in [0.29, 0.717) is 39.6 Å². The van der Waals surface area contributed by atoms with Crippen molar-refractivity contribution in [2.45, 2.75) is 37.4 Å². The van der Waals surface area contributed by atoms with E-state index in [9.17, 15) is 0 Å². The number of terminal acetylenes is 3. The standard InChI is InChI=1S/C24H32O3Si/c1-4-15-25-18-10-21-28(22-11-19-26-16-5-2,23-12-20-27-17-6-3)24-13-8-7-9-14-24/h1-3,7-9,13-14H,10-12,15-23H2. The van der Waals surface area contributed by atoms with Gasteiger partial charge >= 0.3 is 0 Å². The van der Waals surface area contributed by atoms with Crippen molar-refractivity contribution >= 4 is 13.3 Å². The molecule has 0 saturated heterocycles. The molecule has 1 aromatic carbocycles. The van der Waals surface area contributed by atoms with Crippen molar-refractivity contribution in [1.29, 1.82) is 0 Å². The first kappa shape index (κ1) is 24.0. The van der Waals surface area contributed by atoms with Gasteiger partial charge in [-0.05, 0) is 19.3 Å². The molecule has 0 spiro atoms. The van der Waals surface area contributed by atoms with Crippen molar-refractivity contribution in [2.75, 3.05) is 39.6 Å². The molecule has 1 aromatic rings. The fraction of sp³-hybridized carbons (Fsp3) is 0.500. The number of hydrogen-bond donors (Lipinski definition) is 0. The Morgan fingerprint density at radius 1 is 0.643 bits per heavy atom. The van der Waals surface area contributed by atoms with Crippen molar-refractivity contribution in [3.8, 4) is 37.0 Å². The number of hydrogen-bond acceptors (Lipinski definition) is 3. The number of rotatable bonds is 16. The molecule has 1 rings (SSSR count). The fourth-order valence-corrected chi connectivity index (χ4v) is 8.51. The van der Waals surface area contributed by atoms with Crippen molar-refractivity contribution in [3.63, 3.8) is 0 Å². The lowest BCUT2D eigenvalue weighted by molar-refractivity contribution is 0.164. The quantitative estimate of drug-likeness (QED) is 0.243. The normalized spacial score (nSPS) is 10.8. The van der Waals surface area contributed by atoms with Crippen LogP contribution in [0.2, 0.25) is 18.1 Å². The van der Waals surface area contributed by atoms with E-state index in [-0.39, 0.29) is 0 Å². The Hall–Kier alpha value is -2.00. The Bertz CT molecular complexity index is 577. The van der Waals surface area contributed by atoms with Crippen LogP contribution in [0.3, 0.4) is 0 Å². The number of benzene rings is 1. The van der Waals surface area contributed by atoms with Gasteiger partial charge in [-0.15, -0.1) is 19.3 Å². The molecule has 0 atom stereocenters. The zero-order valence-corrected chi connectivity index (χ0v) is 17.8. The average Bonchev–Trinajstić information content (AvgIpc) is 2.73. The van der Waals surface area contributed by atoms with Crippen LogP contribution >= 0.6 is 0 Å². The lowest BCUT2D eigenvalue weighted by Crippen LogP contribution is -2.48. The van der Waals surface area contributed by atoms with Gasteiger partial charge in [0.15, 0.2) is 0 Å². The minimum Gasteiger partial charge on any atom is -0.369 e. The summed E-state index contributed by atoms with van der Waals surface area (Å²) in [5.41, 5.74) is 0. The molecule has 0 fully saturated rings. The summed E-state index contributed by atoms with van der Waals surface area (Å²) < 4.78 is 16.6. The van der Waals surface area contributed by atoms with E-state index in [1.807, 2.05) is 0 Å². The first-order chi connectivity index (χ1) is 13.8. The molecule has 0 aliphatic carbocycles. The van der Waals surface area contributed by atoms with Crippen LogP contribution in [0.15, 0.2) is 30.3 Å². The van der Waals surface area contributed by atoms with Gasteiger partial charge in [0.25, 0.3) is 0 Å². The fourth-order valence-electron chi connectivity index (χ4n) is 3.53. The summed E-state index contributed by atoms with van der Waals surface area (Å²) in [6.07, 6.45) is 18.9. The van der Waals surface area contributed by atoms with Crippen molar-refractivity contribution in [1.82, 2.24) is 0 Å². The number of ether oxygens (including phenoxy) is 3. The minimum absolute atomic E-state index is 0.375. The highest BCUT2D eigenvalue weighted by Gasteiger charge is 2.33. The van der Waals surface area contributed by atoms with Gasteiger partial charge in [0.05, 0.1) is 8.07 Å². The van der Waals surface area contributed by atoms with Gasteiger partial charge in [0, 0.05) is 19.8 Å². The molecule has 0 aliphatic rings. The minimum atomic E-state index is -1.75. The van der Waals surface area contributed by atoms with Gasteiger partial charge in [-0.3, -0.25) is 0 Å². The third-order valence-corrected chi connectivity index (χ3v) is 10.3. The second kappa shape index (κ2) is 16.0. The molecule has 0 aliphatic heterocycles. The predicted molar refractivity (Wildman–Crippen MR) is 119 cm³/mol. The third kappa shape index (κ3) is 9.79. The van der Waals surface area contributed by atoms with Crippen LogP contribution < -0.4 is 5.19 Å². The maximum Gasteiger partial charge on any atom is 0.107 e. The third-order valence-electron chi connectivity index (χ3n) is 4.77. The highest BCUT2D eigenvalue weighted by Crippen LogP contribution is 2.26. The Morgan fingerprint density at radius 2 is 1.04 bits per heavy atom. The molecule has 28 heavy (non-hydrogen) atoms. The van der Waals surface area contributed by atoms with E-state index >= 15 is 0 Å². The smallest absolute Gasteiger partial charge is 0.107 e. The summed E-state index contributed by atoms with van der Waals surface area (Å²) >= 11 is 0. The second-order valence-electron chi connectivity index (χ2n) is 6.73. The molecule has 0 radical (unpaired) electrons. The summed E-state index contributed by atoms with van der Waals surface area (Å²) in [5, 5.41) is 1.49. The van der Waals surface area contributed by atoms with Gasteiger partial charge in [-0.1, -0.05) is 71.4 Å². The summed E-state index contributed by atoms with van der Waals surface area (Å²) in [6.45, 7) is 3.23. The first-order valence-electron chi connectivity index (χ1n) is 9.88. The molecular formula is C24H32O3Si. The van der Waals surface area contributed by atoms with E-state index in [2.05, 4.69) is 48.1 Å². The average molecular weight is 397 g/mol. The van der Waals surface area contributed by atoms with E-state index in [1.54, 1.807) is 0 Å². The van der Waals surface area contributed by atoms with E-state index < -0.39 is 8.07 Å². The molecular weight excluding hydrogens is 364 g/mol. The lowest BCUT2D eigenvalue weighted by Gasteiger charge is -2.33.